The van der Waals surface area contributed by atoms with Gasteiger partial charge in [0.1, 0.15) is 5.75 Å². The van der Waals surface area contributed by atoms with Crippen LogP contribution in [0.4, 0.5) is 0 Å². The molecule has 0 N–H and O–H groups in total. The molecule has 0 radical (unpaired) electrons. The number of fused-ring (bicyclic) bond motifs is 1. The number of carbonyl (C=O) groups is 2. The molecule has 0 aliphatic heterocycles. The molecule has 32 heavy (non-hydrogen) atoms. The number of para-hydroxylation sites is 1. The summed E-state index contributed by atoms with van der Waals surface area (Å²) in [6, 6.07) is 17.4. The number of ketones is 1. The second-order valence-corrected chi connectivity index (χ2v) is 8.62. The average molecular weight is 433 g/mol. The Morgan fingerprint density at radius 1 is 1.06 bits per heavy atom. The first-order chi connectivity index (χ1) is 15.3. The molecule has 0 bridgehead atoms. The molecule has 0 atom stereocenters. The highest BCUT2D eigenvalue weighted by atomic mass is 16.5. The Balaban J connectivity index is 1.51. The largest absolute Gasteiger partial charge is 0.493 e. The van der Waals surface area contributed by atoms with Crippen LogP contribution in [0.25, 0.3) is 10.9 Å². The highest BCUT2D eigenvalue weighted by Crippen LogP contribution is 2.24. The summed E-state index contributed by atoms with van der Waals surface area (Å²) < 4.78 is 12.7. The van der Waals surface area contributed by atoms with Crippen molar-refractivity contribution in [3.63, 3.8) is 0 Å². The number of Topliss-reactive ketones (excluding diaryl/α,β-unsaturated/α-hetero) is 1. The molecular formula is C26H28N2O4. The van der Waals surface area contributed by atoms with Gasteiger partial charge in [0.25, 0.3) is 0 Å². The number of rotatable bonds is 9. The summed E-state index contributed by atoms with van der Waals surface area (Å²) in [4.78, 5) is 24.7. The van der Waals surface area contributed by atoms with Gasteiger partial charge < -0.3 is 14.0 Å². The van der Waals surface area contributed by atoms with E-state index in [1.807, 2.05) is 53.1 Å². The quantitative estimate of drug-likeness (QED) is 0.349. The van der Waals surface area contributed by atoms with Gasteiger partial charge in [-0.2, -0.15) is 5.26 Å². The Kier molecular flexibility index (Phi) is 7.32. The number of hydrogen-bond acceptors (Lipinski definition) is 5. The Bertz CT molecular complexity index is 1130. The number of hydrogen-bond donors (Lipinski definition) is 0. The third-order valence-electron chi connectivity index (χ3n) is 5.21. The summed E-state index contributed by atoms with van der Waals surface area (Å²) >= 11 is 0. The molecule has 1 heterocycles. The molecule has 0 aliphatic rings. The molecule has 1 aromatic heterocycles. The molecule has 0 spiro atoms. The summed E-state index contributed by atoms with van der Waals surface area (Å²) in [5.74, 6) is -0.0751. The highest BCUT2D eigenvalue weighted by molar-refractivity contribution is 6.09. The summed E-state index contributed by atoms with van der Waals surface area (Å²) in [7, 11) is 0. The van der Waals surface area contributed by atoms with E-state index < -0.39 is 5.97 Å². The molecular weight excluding hydrogens is 404 g/mol. The zero-order valence-electron chi connectivity index (χ0n) is 18.8. The Morgan fingerprint density at radius 2 is 1.78 bits per heavy atom. The van der Waals surface area contributed by atoms with Crippen molar-refractivity contribution < 1.29 is 19.1 Å². The zero-order chi connectivity index (χ0) is 23.1. The van der Waals surface area contributed by atoms with Gasteiger partial charge in [-0.25, -0.2) is 0 Å². The lowest BCUT2D eigenvalue weighted by Gasteiger charge is -2.19. The van der Waals surface area contributed by atoms with Crippen LogP contribution in [0.1, 0.15) is 49.5 Å². The number of nitrogens with zero attached hydrogens (tertiary/aromatic N) is 2. The van der Waals surface area contributed by atoms with Crippen LogP contribution in [0.2, 0.25) is 0 Å². The lowest BCUT2D eigenvalue weighted by molar-refractivity contribution is -0.143. The number of ether oxygens (including phenoxy) is 2. The lowest BCUT2D eigenvalue weighted by Crippen LogP contribution is -2.16. The predicted octanol–water partition coefficient (Wildman–Crippen LogP) is 5.05. The van der Waals surface area contributed by atoms with E-state index in [4.69, 9.17) is 14.7 Å². The molecule has 3 rings (SSSR count). The van der Waals surface area contributed by atoms with Crippen LogP contribution in [0.15, 0.2) is 54.7 Å². The van der Waals surface area contributed by atoms with Crippen molar-refractivity contribution in [3.8, 4) is 11.8 Å². The number of nitriles is 1. The lowest BCUT2D eigenvalue weighted by atomic mass is 9.87. The van der Waals surface area contributed by atoms with E-state index in [0.717, 1.165) is 10.9 Å². The van der Waals surface area contributed by atoms with Gasteiger partial charge in [-0.3, -0.25) is 9.59 Å². The van der Waals surface area contributed by atoms with Crippen molar-refractivity contribution in [2.24, 2.45) is 0 Å². The molecule has 0 amide bonds. The fourth-order valence-electron chi connectivity index (χ4n) is 3.42. The third kappa shape index (κ3) is 5.76. The maximum absolute atomic E-state index is 12.7. The number of esters is 1. The van der Waals surface area contributed by atoms with E-state index in [0.29, 0.717) is 24.3 Å². The molecule has 0 fully saturated rings. The Morgan fingerprint density at radius 3 is 2.47 bits per heavy atom. The highest BCUT2D eigenvalue weighted by Gasteiger charge is 2.17. The predicted molar refractivity (Wildman–Crippen MR) is 123 cm³/mol. The van der Waals surface area contributed by atoms with Gasteiger partial charge in [0.05, 0.1) is 25.5 Å². The van der Waals surface area contributed by atoms with Gasteiger partial charge in [0.15, 0.2) is 6.61 Å². The number of carbonyl (C=O) groups excluding carboxylic acids is 2. The SMILES string of the molecule is CC(C)(C)c1ccc(OCCC(=O)OCC(=O)c2cn(CCC#N)c3ccccc23)cc1. The van der Waals surface area contributed by atoms with Gasteiger partial charge in [-0.1, -0.05) is 51.1 Å². The molecule has 3 aromatic rings. The fraction of sp³-hybridized carbons (Fsp3) is 0.346. The fourth-order valence-corrected chi connectivity index (χ4v) is 3.42. The number of aromatic nitrogens is 1. The first-order valence-electron chi connectivity index (χ1n) is 10.7. The van der Waals surface area contributed by atoms with Crippen molar-refractivity contribution in [2.45, 2.75) is 45.6 Å². The summed E-state index contributed by atoms with van der Waals surface area (Å²) in [6.45, 7) is 6.78. The van der Waals surface area contributed by atoms with Crippen molar-refractivity contribution in [2.75, 3.05) is 13.2 Å². The van der Waals surface area contributed by atoms with Crippen LogP contribution in [0, 0.1) is 11.3 Å². The molecule has 166 valence electrons. The van der Waals surface area contributed by atoms with Crippen LogP contribution < -0.4 is 4.74 Å². The topological polar surface area (TPSA) is 81.3 Å². The van der Waals surface area contributed by atoms with Gasteiger partial charge >= 0.3 is 5.97 Å². The maximum atomic E-state index is 12.7. The monoisotopic (exact) mass is 432 g/mol. The minimum atomic E-state index is -0.488. The first-order valence-corrected chi connectivity index (χ1v) is 10.7. The number of aryl methyl sites for hydroxylation is 1. The Hall–Kier alpha value is -3.59. The van der Waals surface area contributed by atoms with E-state index in [9.17, 15) is 9.59 Å². The summed E-state index contributed by atoms with van der Waals surface area (Å²) in [6.07, 6.45) is 2.13. The van der Waals surface area contributed by atoms with E-state index in [1.54, 1.807) is 6.20 Å². The van der Waals surface area contributed by atoms with Crippen LogP contribution in [0.5, 0.6) is 5.75 Å². The molecule has 6 nitrogen and oxygen atoms in total. The summed E-state index contributed by atoms with van der Waals surface area (Å²) in [5.41, 5.74) is 2.64. The molecule has 6 heteroatoms. The normalized spacial score (nSPS) is 11.2. The van der Waals surface area contributed by atoms with Gasteiger partial charge in [0.2, 0.25) is 5.78 Å². The van der Waals surface area contributed by atoms with E-state index in [2.05, 4.69) is 26.8 Å². The van der Waals surface area contributed by atoms with Crippen LogP contribution in [0.3, 0.4) is 0 Å². The first kappa shape index (κ1) is 23.1. The third-order valence-corrected chi connectivity index (χ3v) is 5.21. The van der Waals surface area contributed by atoms with E-state index in [1.165, 1.54) is 5.56 Å². The molecule has 0 saturated carbocycles. The van der Waals surface area contributed by atoms with Crippen molar-refractivity contribution >= 4 is 22.7 Å². The van der Waals surface area contributed by atoms with Gasteiger partial charge in [-0.05, 0) is 29.2 Å². The smallest absolute Gasteiger partial charge is 0.309 e. The molecule has 2 aromatic carbocycles. The zero-order valence-corrected chi connectivity index (χ0v) is 18.8. The van der Waals surface area contributed by atoms with Crippen molar-refractivity contribution in [1.82, 2.24) is 4.57 Å². The van der Waals surface area contributed by atoms with Crippen molar-refractivity contribution in [3.05, 3.63) is 65.9 Å². The average Bonchev–Trinajstić information content (AvgIpc) is 3.14. The standard InChI is InChI=1S/C26H28N2O4/c1-26(2,3)19-9-11-20(12-10-19)31-16-13-25(30)32-18-24(29)22-17-28(15-6-14-27)23-8-5-4-7-21(22)23/h4-5,7-12,17H,6,13,15-16,18H2,1-3H3. The van der Waals surface area contributed by atoms with Crippen LogP contribution in [-0.4, -0.2) is 29.5 Å². The van der Waals surface area contributed by atoms with Gasteiger partial charge in [0, 0.05) is 29.2 Å². The van der Waals surface area contributed by atoms with Crippen molar-refractivity contribution in [1.29, 1.82) is 5.26 Å². The minimum Gasteiger partial charge on any atom is -0.493 e. The number of benzene rings is 2. The Labute approximate surface area is 188 Å². The van der Waals surface area contributed by atoms with E-state index in [-0.39, 0.29) is 30.8 Å². The minimum absolute atomic E-state index is 0.0538. The van der Waals surface area contributed by atoms with E-state index >= 15 is 0 Å². The second-order valence-electron chi connectivity index (χ2n) is 8.62. The second kappa shape index (κ2) is 10.1. The maximum Gasteiger partial charge on any atom is 0.309 e. The van der Waals surface area contributed by atoms with Crippen LogP contribution >= 0.6 is 0 Å². The molecule has 0 saturated heterocycles. The van der Waals surface area contributed by atoms with Gasteiger partial charge in [-0.15, -0.1) is 0 Å². The summed E-state index contributed by atoms with van der Waals surface area (Å²) in [5, 5.41) is 9.64. The van der Waals surface area contributed by atoms with Crippen LogP contribution in [-0.2, 0) is 21.5 Å². The molecule has 0 aliphatic carbocycles. The molecule has 0 unspecified atom stereocenters.